The molecule has 0 atom stereocenters. The minimum Gasteiger partial charge on any atom is -0.435 e. The number of hydrogen-bond donors (Lipinski definition) is 1. The molecule has 2 aromatic carbocycles. The first-order valence-electron chi connectivity index (χ1n) is 5.77. The van der Waals surface area contributed by atoms with E-state index in [-0.39, 0.29) is 5.75 Å². The summed E-state index contributed by atoms with van der Waals surface area (Å²) in [5, 5.41) is 0.582. The molecule has 0 amide bonds. The molecule has 2 nitrogen and oxygen atoms in total. The van der Waals surface area contributed by atoms with Crippen molar-refractivity contribution in [3.05, 3.63) is 53.1 Å². The zero-order chi connectivity index (χ0) is 14.5. The first kappa shape index (κ1) is 14.9. The molecular formula is C14H12ClF2NOS. The van der Waals surface area contributed by atoms with Gasteiger partial charge < -0.3 is 10.5 Å². The van der Waals surface area contributed by atoms with Crippen molar-refractivity contribution < 1.29 is 13.5 Å². The van der Waals surface area contributed by atoms with Crippen LogP contribution < -0.4 is 10.5 Å². The Bertz CT molecular complexity index is 595. The summed E-state index contributed by atoms with van der Waals surface area (Å²) in [4.78, 5) is 0.810. The zero-order valence-corrected chi connectivity index (χ0v) is 11.9. The van der Waals surface area contributed by atoms with Crippen molar-refractivity contribution in [2.45, 2.75) is 17.3 Å². The Labute approximate surface area is 124 Å². The van der Waals surface area contributed by atoms with Gasteiger partial charge in [0.1, 0.15) is 5.75 Å². The van der Waals surface area contributed by atoms with Crippen LogP contribution in [0.3, 0.4) is 0 Å². The molecule has 2 N–H and O–H groups in total. The molecule has 0 saturated heterocycles. The molecule has 20 heavy (non-hydrogen) atoms. The molecule has 0 fully saturated rings. The van der Waals surface area contributed by atoms with Gasteiger partial charge in [-0.2, -0.15) is 8.78 Å². The van der Waals surface area contributed by atoms with Crippen molar-refractivity contribution in [3.8, 4) is 5.75 Å². The molecule has 6 heteroatoms. The van der Waals surface area contributed by atoms with E-state index in [0.717, 1.165) is 4.90 Å². The molecule has 0 aliphatic rings. The highest BCUT2D eigenvalue weighted by atomic mass is 35.5. The number of para-hydroxylation sites is 1. The van der Waals surface area contributed by atoms with Gasteiger partial charge in [-0.1, -0.05) is 29.8 Å². The quantitative estimate of drug-likeness (QED) is 0.635. The van der Waals surface area contributed by atoms with Crippen LogP contribution in [0.5, 0.6) is 5.75 Å². The van der Waals surface area contributed by atoms with E-state index < -0.39 is 6.61 Å². The second kappa shape index (κ2) is 6.81. The van der Waals surface area contributed by atoms with Crippen LogP contribution in [-0.4, -0.2) is 6.61 Å². The van der Waals surface area contributed by atoms with E-state index in [0.29, 0.717) is 22.0 Å². The predicted octanol–water partition coefficient (Wildman–Crippen LogP) is 4.82. The molecule has 0 bridgehead atoms. The van der Waals surface area contributed by atoms with Crippen LogP contribution >= 0.6 is 23.4 Å². The second-order valence-electron chi connectivity index (χ2n) is 3.96. The maximum absolute atomic E-state index is 12.3. The van der Waals surface area contributed by atoms with Crippen LogP contribution in [0.15, 0.2) is 47.4 Å². The van der Waals surface area contributed by atoms with Gasteiger partial charge in [-0.25, -0.2) is 0 Å². The van der Waals surface area contributed by atoms with Crippen molar-refractivity contribution in [3.63, 3.8) is 0 Å². The van der Waals surface area contributed by atoms with Crippen LogP contribution in [0.4, 0.5) is 14.5 Å². The van der Waals surface area contributed by atoms with E-state index in [1.165, 1.54) is 17.8 Å². The molecular weight excluding hydrogens is 304 g/mol. The number of nitrogens with two attached hydrogens (primary N) is 1. The minimum absolute atomic E-state index is 0.176. The van der Waals surface area contributed by atoms with E-state index >= 15 is 0 Å². The first-order valence-corrected chi connectivity index (χ1v) is 7.13. The van der Waals surface area contributed by atoms with Crippen molar-refractivity contribution >= 4 is 29.1 Å². The Morgan fingerprint density at radius 1 is 1.20 bits per heavy atom. The molecule has 0 aromatic heterocycles. The van der Waals surface area contributed by atoms with Crippen LogP contribution in [0, 0.1) is 0 Å². The van der Waals surface area contributed by atoms with Crippen LogP contribution in [-0.2, 0) is 5.75 Å². The number of rotatable bonds is 5. The number of nitrogen functional groups attached to an aromatic ring is 1. The summed E-state index contributed by atoms with van der Waals surface area (Å²) in [5.74, 6) is 0.642. The fourth-order valence-corrected chi connectivity index (χ4v) is 2.85. The molecule has 0 spiro atoms. The van der Waals surface area contributed by atoms with Crippen LogP contribution in [0.2, 0.25) is 5.02 Å². The molecule has 0 saturated carbocycles. The van der Waals surface area contributed by atoms with Gasteiger partial charge in [0.2, 0.25) is 0 Å². The van der Waals surface area contributed by atoms with E-state index in [4.69, 9.17) is 17.3 Å². The van der Waals surface area contributed by atoms with E-state index in [9.17, 15) is 8.78 Å². The van der Waals surface area contributed by atoms with Gasteiger partial charge in [-0.05, 0) is 24.3 Å². The molecule has 0 unspecified atom stereocenters. The lowest BCUT2D eigenvalue weighted by Gasteiger charge is -2.11. The van der Waals surface area contributed by atoms with Crippen molar-refractivity contribution in [2.24, 2.45) is 0 Å². The van der Waals surface area contributed by atoms with Gasteiger partial charge in [0.25, 0.3) is 0 Å². The van der Waals surface area contributed by atoms with Crippen LogP contribution in [0.25, 0.3) is 0 Å². The van der Waals surface area contributed by atoms with E-state index in [1.807, 2.05) is 0 Å². The fraction of sp³-hybridized carbons (Fsp3) is 0.143. The summed E-state index contributed by atoms with van der Waals surface area (Å²) >= 11 is 7.33. The summed E-state index contributed by atoms with van der Waals surface area (Å²) < 4.78 is 29.1. The average molecular weight is 316 g/mol. The highest BCUT2D eigenvalue weighted by molar-refractivity contribution is 7.98. The number of ether oxygens (including phenoxy) is 1. The second-order valence-corrected chi connectivity index (χ2v) is 5.41. The number of alkyl halides is 2. The third-order valence-corrected chi connectivity index (χ3v) is 3.90. The third-order valence-electron chi connectivity index (χ3n) is 2.55. The number of halogens is 3. The Morgan fingerprint density at radius 2 is 1.95 bits per heavy atom. The molecule has 0 aliphatic carbocycles. The lowest BCUT2D eigenvalue weighted by atomic mass is 10.2. The van der Waals surface area contributed by atoms with Crippen LogP contribution in [0.1, 0.15) is 5.56 Å². The van der Waals surface area contributed by atoms with Crippen molar-refractivity contribution in [2.75, 3.05) is 5.73 Å². The monoisotopic (exact) mass is 315 g/mol. The van der Waals surface area contributed by atoms with E-state index in [2.05, 4.69) is 4.74 Å². The Hall–Kier alpha value is -1.46. The lowest BCUT2D eigenvalue weighted by Crippen LogP contribution is -2.03. The summed E-state index contributed by atoms with van der Waals surface area (Å²) in [5.41, 5.74) is 7.12. The lowest BCUT2D eigenvalue weighted by molar-refractivity contribution is -0.0503. The molecule has 2 rings (SSSR count). The predicted molar refractivity (Wildman–Crippen MR) is 78.5 cm³/mol. The number of thioether (sulfide) groups is 1. The van der Waals surface area contributed by atoms with Gasteiger partial charge in [-0.15, -0.1) is 11.8 Å². The molecule has 0 heterocycles. The summed E-state index contributed by atoms with van der Waals surface area (Å²) in [6, 6.07) is 11.9. The molecule has 2 aromatic rings. The Morgan fingerprint density at radius 3 is 2.70 bits per heavy atom. The smallest absolute Gasteiger partial charge is 0.387 e. The maximum atomic E-state index is 12.3. The SMILES string of the molecule is Nc1ccc(Cl)cc1SCc1ccccc1OC(F)F. The molecule has 0 radical (unpaired) electrons. The van der Waals surface area contributed by atoms with E-state index in [1.54, 1.807) is 36.4 Å². The normalized spacial score (nSPS) is 10.8. The van der Waals surface area contributed by atoms with Gasteiger partial charge in [-0.3, -0.25) is 0 Å². The van der Waals surface area contributed by atoms with Gasteiger partial charge in [0.15, 0.2) is 0 Å². The van der Waals surface area contributed by atoms with Gasteiger partial charge in [0, 0.05) is 26.9 Å². The number of anilines is 1. The summed E-state index contributed by atoms with van der Waals surface area (Å²) in [6.45, 7) is -2.84. The van der Waals surface area contributed by atoms with Crippen molar-refractivity contribution in [1.29, 1.82) is 0 Å². The fourth-order valence-electron chi connectivity index (χ4n) is 1.62. The van der Waals surface area contributed by atoms with Gasteiger partial charge >= 0.3 is 6.61 Å². The minimum atomic E-state index is -2.84. The highest BCUT2D eigenvalue weighted by Crippen LogP contribution is 2.33. The largest absolute Gasteiger partial charge is 0.435 e. The Balaban J connectivity index is 2.12. The highest BCUT2D eigenvalue weighted by Gasteiger charge is 2.10. The topological polar surface area (TPSA) is 35.2 Å². The Kier molecular flexibility index (Phi) is 5.09. The summed E-state index contributed by atoms with van der Waals surface area (Å²) in [6.07, 6.45) is 0. The maximum Gasteiger partial charge on any atom is 0.387 e. The average Bonchev–Trinajstić information content (AvgIpc) is 2.41. The number of hydrogen-bond acceptors (Lipinski definition) is 3. The standard InChI is InChI=1S/C14H12ClF2NOS/c15-10-5-6-11(18)13(7-10)20-8-9-3-1-2-4-12(9)19-14(16)17/h1-7,14H,8,18H2. The third kappa shape index (κ3) is 4.02. The van der Waals surface area contributed by atoms with Crippen molar-refractivity contribution in [1.82, 2.24) is 0 Å². The summed E-state index contributed by atoms with van der Waals surface area (Å²) in [7, 11) is 0. The zero-order valence-electron chi connectivity index (χ0n) is 10.4. The molecule has 106 valence electrons. The first-order chi connectivity index (χ1) is 9.56. The molecule has 0 aliphatic heterocycles. The van der Waals surface area contributed by atoms with Gasteiger partial charge in [0.05, 0.1) is 0 Å². The number of benzene rings is 2.